The number of ether oxygens (including phenoxy) is 1. The summed E-state index contributed by atoms with van der Waals surface area (Å²) in [4.78, 5) is 16.7. The Morgan fingerprint density at radius 3 is 2.71 bits per heavy atom. The highest BCUT2D eigenvalue weighted by atomic mass is 16.5. The Morgan fingerprint density at radius 2 is 1.95 bits per heavy atom. The number of hydrogen-bond acceptors (Lipinski definition) is 4. The van der Waals surface area contributed by atoms with Crippen molar-refractivity contribution in [2.75, 3.05) is 52.5 Å². The van der Waals surface area contributed by atoms with Gasteiger partial charge in [-0.2, -0.15) is 0 Å². The molecule has 0 saturated carbocycles. The van der Waals surface area contributed by atoms with Gasteiger partial charge in [0.05, 0.1) is 19.8 Å². The number of carbonyl (C=O) groups excluding carboxylic acids is 1. The van der Waals surface area contributed by atoms with E-state index in [9.17, 15) is 4.79 Å². The van der Waals surface area contributed by atoms with Crippen LogP contribution in [0.2, 0.25) is 0 Å². The first kappa shape index (κ1) is 14.5. The van der Waals surface area contributed by atoms with Crippen molar-refractivity contribution in [1.29, 1.82) is 0 Å². The lowest BCUT2D eigenvalue weighted by Gasteiger charge is -2.37. The SMILES string of the molecule is O=C(CN1CCNC[C@@H]1c1ccccc1)N1CCOCC1. The van der Waals surface area contributed by atoms with Gasteiger partial charge in [-0.05, 0) is 5.56 Å². The molecule has 3 rings (SSSR count). The van der Waals surface area contributed by atoms with Crippen LogP contribution in [0.4, 0.5) is 0 Å². The second kappa shape index (κ2) is 7.02. The molecule has 0 spiro atoms. The van der Waals surface area contributed by atoms with Gasteiger partial charge in [0.2, 0.25) is 5.91 Å². The lowest BCUT2D eigenvalue weighted by molar-refractivity contribution is -0.137. The van der Waals surface area contributed by atoms with Crippen LogP contribution in [0.15, 0.2) is 30.3 Å². The van der Waals surface area contributed by atoms with Crippen LogP contribution >= 0.6 is 0 Å². The zero-order valence-electron chi connectivity index (χ0n) is 12.3. The molecule has 0 radical (unpaired) electrons. The van der Waals surface area contributed by atoms with Crippen molar-refractivity contribution in [1.82, 2.24) is 15.1 Å². The van der Waals surface area contributed by atoms with Crippen molar-refractivity contribution in [2.24, 2.45) is 0 Å². The van der Waals surface area contributed by atoms with Crippen LogP contribution < -0.4 is 5.32 Å². The molecular formula is C16H23N3O2. The molecule has 1 aromatic carbocycles. The summed E-state index contributed by atoms with van der Waals surface area (Å²) in [5.74, 6) is 0.223. The van der Waals surface area contributed by atoms with Crippen LogP contribution in [-0.4, -0.2) is 68.2 Å². The van der Waals surface area contributed by atoms with Crippen molar-refractivity contribution in [2.45, 2.75) is 6.04 Å². The zero-order chi connectivity index (χ0) is 14.5. The fourth-order valence-corrected chi connectivity index (χ4v) is 3.03. The van der Waals surface area contributed by atoms with Gasteiger partial charge in [0, 0.05) is 38.8 Å². The molecule has 2 aliphatic rings. The van der Waals surface area contributed by atoms with Crippen molar-refractivity contribution >= 4 is 5.91 Å². The second-order valence-electron chi connectivity index (χ2n) is 5.59. The average molecular weight is 289 g/mol. The Kier molecular flexibility index (Phi) is 4.85. The average Bonchev–Trinajstić information content (AvgIpc) is 2.57. The van der Waals surface area contributed by atoms with E-state index < -0.39 is 0 Å². The molecule has 0 bridgehead atoms. The first-order valence-corrected chi connectivity index (χ1v) is 7.70. The van der Waals surface area contributed by atoms with Gasteiger partial charge in [-0.15, -0.1) is 0 Å². The van der Waals surface area contributed by atoms with Crippen LogP contribution in [0.25, 0.3) is 0 Å². The van der Waals surface area contributed by atoms with E-state index >= 15 is 0 Å². The Morgan fingerprint density at radius 1 is 1.19 bits per heavy atom. The van der Waals surface area contributed by atoms with Crippen molar-refractivity contribution in [3.05, 3.63) is 35.9 Å². The van der Waals surface area contributed by atoms with Gasteiger partial charge in [0.15, 0.2) is 0 Å². The molecule has 2 aliphatic heterocycles. The first-order valence-electron chi connectivity index (χ1n) is 7.70. The molecule has 2 heterocycles. The summed E-state index contributed by atoms with van der Waals surface area (Å²) >= 11 is 0. The summed E-state index contributed by atoms with van der Waals surface area (Å²) < 4.78 is 5.31. The lowest BCUT2D eigenvalue weighted by atomic mass is 10.0. The number of nitrogens with zero attached hydrogens (tertiary/aromatic N) is 2. The van der Waals surface area contributed by atoms with Gasteiger partial charge in [-0.3, -0.25) is 9.69 Å². The number of amides is 1. The van der Waals surface area contributed by atoms with Crippen LogP contribution in [0.3, 0.4) is 0 Å². The Balaban J connectivity index is 1.65. The predicted molar refractivity (Wildman–Crippen MR) is 81.0 cm³/mol. The number of carbonyl (C=O) groups is 1. The maximum Gasteiger partial charge on any atom is 0.236 e. The van der Waals surface area contributed by atoms with E-state index in [-0.39, 0.29) is 11.9 Å². The summed E-state index contributed by atoms with van der Waals surface area (Å²) in [6.07, 6.45) is 0. The lowest BCUT2D eigenvalue weighted by Crippen LogP contribution is -2.51. The van der Waals surface area contributed by atoms with Crippen LogP contribution in [0.5, 0.6) is 0 Å². The van der Waals surface area contributed by atoms with E-state index in [1.165, 1.54) is 5.56 Å². The maximum atomic E-state index is 12.5. The van der Waals surface area contributed by atoms with E-state index in [0.29, 0.717) is 19.8 Å². The normalized spacial score (nSPS) is 24.0. The molecule has 5 nitrogen and oxygen atoms in total. The number of benzene rings is 1. The van der Waals surface area contributed by atoms with Crippen molar-refractivity contribution in [3.8, 4) is 0 Å². The highest BCUT2D eigenvalue weighted by molar-refractivity contribution is 5.78. The standard InChI is InChI=1S/C16H23N3O2/c20-16(18-8-10-21-11-9-18)13-19-7-6-17-12-15(19)14-4-2-1-3-5-14/h1-5,15,17H,6-13H2/t15-/m1/s1. The minimum Gasteiger partial charge on any atom is -0.378 e. The Bertz CT molecular complexity index is 460. The number of rotatable bonds is 3. The molecule has 2 saturated heterocycles. The third-order valence-corrected chi connectivity index (χ3v) is 4.24. The van der Waals surface area contributed by atoms with Gasteiger partial charge >= 0.3 is 0 Å². The van der Waals surface area contributed by atoms with E-state index in [2.05, 4.69) is 34.5 Å². The third kappa shape index (κ3) is 3.61. The predicted octanol–water partition coefficient (Wildman–Crippen LogP) is 0.492. The molecule has 114 valence electrons. The Labute approximate surface area is 125 Å². The number of nitrogens with one attached hydrogen (secondary N) is 1. The monoisotopic (exact) mass is 289 g/mol. The fourth-order valence-electron chi connectivity index (χ4n) is 3.03. The van der Waals surface area contributed by atoms with Crippen molar-refractivity contribution < 1.29 is 9.53 Å². The summed E-state index contributed by atoms with van der Waals surface area (Å²) in [7, 11) is 0. The van der Waals surface area contributed by atoms with Gasteiger partial charge in [0.1, 0.15) is 0 Å². The maximum absolute atomic E-state index is 12.5. The van der Waals surface area contributed by atoms with Gasteiger partial charge in [-0.1, -0.05) is 30.3 Å². The van der Waals surface area contributed by atoms with Gasteiger partial charge in [-0.25, -0.2) is 0 Å². The zero-order valence-corrected chi connectivity index (χ0v) is 12.3. The molecule has 1 amide bonds. The molecule has 2 fully saturated rings. The quantitative estimate of drug-likeness (QED) is 0.880. The molecule has 21 heavy (non-hydrogen) atoms. The minimum atomic E-state index is 0.223. The van der Waals surface area contributed by atoms with Crippen LogP contribution in [0, 0.1) is 0 Å². The molecule has 0 unspecified atom stereocenters. The van der Waals surface area contributed by atoms with Crippen molar-refractivity contribution in [3.63, 3.8) is 0 Å². The molecular weight excluding hydrogens is 266 g/mol. The topological polar surface area (TPSA) is 44.8 Å². The second-order valence-corrected chi connectivity index (χ2v) is 5.59. The van der Waals surface area contributed by atoms with E-state index in [4.69, 9.17) is 4.74 Å². The molecule has 5 heteroatoms. The fraction of sp³-hybridized carbons (Fsp3) is 0.562. The smallest absolute Gasteiger partial charge is 0.236 e. The summed E-state index contributed by atoms with van der Waals surface area (Å²) in [6, 6.07) is 10.7. The largest absolute Gasteiger partial charge is 0.378 e. The van der Waals surface area contributed by atoms with Gasteiger partial charge in [0.25, 0.3) is 0 Å². The Hall–Kier alpha value is -1.43. The van der Waals surface area contributed by atoms with E-state index in [0.717, 1.165) is 32.7 Å². The van der Waals surface area contributed by atoms with E-state index in [1.807, 2.05) is 11.0 Å². The van der Waals surface area contributed by atoms with Gasteiger partial charge < -0.3 is 15.0 Å². The summed E-state index contributed by atoms with van der Waals surface area (Å²) in [5.41, 5.74) is 1.28. The molecule has 0 aliphatic carbocycles. The number of piperazine rings is 1. The first-order chi connectivity index (χ1) is 10.3. The molecule has 0 aromatic heterocycles. The molecule has 1 atom stereocenters. The number of hydrogen-bond donors (Lipinski definition) is 1. The molecule has 1 aromatic rings. The minimum absolute atomic E-state index is 0.223. The highest BCUT2D eigenvalue weighted by Gasteiger charge is 2.27. The van der Waals surface area contributed by atoms with Crippen LogP contribution in [0.1, 0.15) is 11.6 Å². The third-order valence-electron chi connectivity index (χ3n) is 4.24. The summed E-state index contributed by atoms with van der Waals surface area (Å²) in [6.45, 7) is 6.03. The number of morpholine rings is 1. The van der Waals surface area contributed by atoms with E-state index in [1.54, 1.807) is 0 Å². The van der Waals surface area contributed by atoms with Crippen LogP contribution in [-0.2, 0) is 9.53 Å². The highest BCUT2D eigenvalue weighted by Crippen LogP contribution is 2.21. The molecule has 1 N–H and O–H groups in total. The summed E-state index contributed by atoms with van der Waals surface area (Å²) in [5, 5.41) is 3.43.